The summed E-state index contributed by atoms with van der Waals surface area (Å²) >= 11 is 0. The SMILES string of the molecule is C=COC[C@H]1O[C@@H](n2cc(C3CCCCC3)c(=O)[nH]c2=O)C[C@@H]1O. The molecule has 1 aliphatic heterocycles. The molecule has 2 aliphatic rings. The van der Waals surface area contributed by atoms with Gasteiger partial charge in [0.15, 0.2) is 0 Å². The van der Waals surface area contributed by atoms with Crippen molar-refractivity contribution in [2.24, 2.45) is 0 Å². The molecule has 0 unspecified atom stereocenters. The maximum atomic E-state index is 12.2. The molecule has 7 nitrogen and oxygen atoms in total. The largest absolute Gasteiger partial charge is 0.499 e. The second kappa shape index (κ2) is 7.36. The average Bonchev–Trinajstić information content (AvgIpc) is 2.94. The van der Waals surface area contributed by atoms with Crippen molar-refractivity contribution in [3.8, 4) is 0 Å². The molecule has 1 aromatic rings. The van der Waals surface area contributed by atoms with Gasteiger partial charge in [0.1, 0.15) is 18.9 Å². The molecule has 1 saturated carbocycles. The van der Waals surface area contributed by atoms with Crippen molar-refractivity contribution in [3.63, 3.8) is 0 Å². The molecule has 0 spiro atoms. The van der Waals surface area contributed by atoms with Crippen LogP contribution in [0.1, 0.15) is 56.2 Å². The maximum absolute atomic E-state index is 12.2. The van der Waals surface area contributed by atoms with Gasteiger partial charge < -0.3 is 14.6 Å². The Morgan fingerprint density at radius 1 is 1.38 bits per heavy atom. The summed E-state index contributed by atoms with van der Waals surface area (Å²) in [5, 5.41) is 10.1. The van der Waals surface area contributed by atoms with Gasteiger partial charge in [-0.3, -0.25) is 14.3 Å². The number of aromatic amines is 1. The van der Waals surface area contributed by atoms with Crippen molar-refractivity contribution in [2.75, 3.05) is 6.61 Å². The van der Waals surface area contributed by atoms with Gasteiger partial charge in [-0.15, -0.1) is 0 Å². The van der Waals surface area contributed by atoms with Gasteiger partial charge in [-0.05, 0) is 18.8 Å². The standard InChI is InChI=1S/C17H24N2O5/c1-2-23-10-14-13(20)8-15(24-14)19-9-12(16(21)18-17(19)22)11-6-4-3-5-7-11/h2,9,11,13-15,20H,1,3-8,10H2,(H,18,21,22)/t13-,14+,15+/m0/s1. The normalized spacial score (nSPS) is 28.0. The van der Waals surface area contributed by atoms with Gasteiger partial charge >= 0.3 is 5.69 Å². The molecule has 7 heteroatoms. The summed E-state index contributed by atoms with van der Waals surface area (Å²) in [5.41, 5.74) is -0.187. The molecule has 24 heavy (non-hydrogen) atoms. The summed E-state index contributed by atoms with van der Waals surface area (Å²) < 4.78 is 12.2. The number of nitrogens with zero attached hydrogens (tertiary/aromatic N) is 1. The van der Waals surface area contributed by atoms with E-state index in [0.29, 0.717) is 5.56 Å². The Balaban J connectivity index is 1.84. The van der Waals surface area contributed by atoms with Crippen LogP contribution in [0, 0.1) is 0 Å². The molecular weight excluding hydrogens is 312 g/mol. The summed E-state index contributed by atoms with van der Waals surface area (Å²) in [4.78, 5) is 26.8. The third-order valence-corrected chi connectivity index (χ3v) is 4.93. The number of aliphatic hydroxyl groups excluding tert-OH is 1. The van der Waals surface area contributed by atoms with Gasteiger partial charge in [-0.25, -0.2) is 4.79 Å². The third-order valence-electron chi connectivity index (χ3n) is 4.93. The Bertz CT molecular complexity index is 689. The molecule has 0 radical (unpaired) electrons. The fraction of sp³-hybridized carbons (Fsp3) is 0.647. The van der Waals surface area contributed by atoms with E-state index in [1.807, 2.05) is 0 Å². The van der Waals surface area contributed by atoms with Crippen LogP contribution < -0.4 is 11.2 Å². The van der Waals surface area contributed by atoms with E-state index in [2.05, 4.69) is 11.6 Å². The summed E-state index contributed by atoms with van der Waals surface area (Å²) in [6.07, 6.45) is 6.64. The highest BCUT2D eigenvalue weighted by atomic mass is 16.6. The zero-order valence-corrected chi connectivity index (χ0v) is 13.6. The van der Waals surface area contributed by atoms with Crippen LogP contribution in [0.4, 0.5) is 0 Å². The number of nitrogens with one attached hydrogen (secondary N) is 1. The van der Waals surface area contributed by atoms with Crippen LogP contribution in [0.3, 0.4) is 0 Å². The number of aliphatic hydroxyl groups is 1. The minimum Gasteiger partial charge on any atom is -0.499 e. The number of rotatable bonds is 5. The van der Waals surface area contributed by atoms with E-state index in [4.69, 9.17) is 9.47 Å². The number of aromatic nitrogens is 2. The lowest BCUT2D eigenvalue weighted by Gasteiger charge is -2.22. The van der Waals surface area contributed by atoms with Gasteiger partial charge in [-0.2, -0.15) is 0 Å². The summed E-state index contributed by atoms with van der Waals surface area (Å²) in [6, 6.07) is 0. The van der Waals surface area contributed by atoms with Crippen molar-refractivity contribution >= 4 is 0 Å². The fourth-order valence-corrected chi connectivity index (χ4v) is 3.62. The van der Waals surface area contributed by atoms with Crippen molar-refractivity contribution in [1.29, 1.82) is 0 Å². The third kappa shape index (κ3) is 3.47. The van der Waals surface area contributed by atoms with E-state index >= 15 is 0 Å². The molecule has 3 rings (SSSR count). The first-order valence-electron chi connectivity index (χ1n) is 8.51. The van der Waals surface area contributed by atoms with Crippen LogP contribution in [0.25, 0.3) is 0 Å². The molecule has 2 heterocycles. The van der Waals surface area contributed by atoms with E-state index < -0.39 is 24.1 Å². The highest BCUT2D eigenvalue weighted by molar-refractivity contribution is 5.12. The topological polar surface area (TPSA) is 93.5 Å². The Kier molecular flexibility index (Phi) is 5.20. The van der Waals surface area contributed by atoms with Crippen LogP contribution >= 0.6 is 0 Å². The van der Waals surface area contributed by atoms with Crippen LogP contribution in [-0.2, 0) is 9.47 Å². The van der Waals surface area contributed by atoms with Crippen LogP contribution in [0.2, 0.25) is 0 Å². The number of ether oxygens (including phenoxy) is 2. The van der Waals surface area contributed by atoms with Gasteiger partial charge in [0, 0.05) is 18.2 Å². The van der Waals surface area contributed by atoms with Crippen LogP contribution in [-0.4, -0.2) is 33.5 Å². The van der Waals surface area contributed by atoms with Crippen LogP contribution in [0.15, 0.2) is 28.6 Å². The molecule has 0 amide bonds. The summed E-state index contributed by atoms with van der Waals surface area (Å²) in [6.45, 7) is 3.63. The van der Waals surface area contributed by atoms with E-state index in [1.165, 1.54) is 17.3 Å². The van der Waals surface area contributed by atoms with Crippen molar-refractivity contribution in [2.45, 2.75) is 62.9 Å². The van der Waals surface area contributed by atoms with E-state index in [1.54, 1.807) is 6.20 Å². The van der Waals surface area contributed by atoms with Crippen molar-refractivity contribution in [3.05, 3.63) is 45.4 Å². The molecule has 3 atom stereocenters. The number of hydrogen-bond acceptors (Lipinski definition) is 5. The summed E-state index contributed by atoms with van der Waals surface area (Å²) in [7, 11) is 0. The van der Waals surface area contributed by atoms with E-state index in [9.17, 15) is 14.7 Å². The van der Waals surface area contributed by atoms with E-state index in [0.717, 1.165) is 25.7 Å². The Hall–Kier alpha value is -1.86. The second-order valence-corrected chi connectivity index (χ2v) is 6.52. The van der Waals surface area contributed by atoms with Gasteiger partial charge in [0.2, 0.25) is 0 Å². The molecule has 1 aliphatic carbocycles. The smallest absolute Gasteiger partial charge is 0.330 e. The summed E-state index contributed by atoms with van der Waals surface area (Å²) in [5.74, 6) is 0.181. The molecule has 0 bridgehead atoms. The van der Waals surface area contributed by atoms with Gasteiger partial charge in [0.05, 0.1) is 12.4 Å². The second-order valence-electron chi connectivity index (χ2n) is 6.52. The first-order valence-corrected chi connectivity index (χ1v) is 8.51. The van der Waals surface area contributed by atoms with Gasteiger partial charge in [0.25, 0.3) is 5.56 Å². The first kappa shape index (κ1) is 17.0. The van der Waals surface area contributed by atoms with Crippen molar-refractivity contribution in [1.82, 2.24) is 9.55 Å². The molecule has 1 aromatic heterocycles. The Labute approximate surface area is 139 Å². The molecular formula is C17H24N2O5. The molecule has 2 fully saturated rings. The highest BCUT2D eigenvalue weighted by Crippen LogP contribution is 2.32. The molecule has 2 N–H and O–H groups in total. The van der Waals surface area contributed by atoms with Crippen LogP contribution in [0.5, 0.6) is 0 Å². The lowest BCUT2D eigenvalue weighted by molar-refractivity contribution is -0.0485. The molecule has 1 saturated heterocycles. The Morgan fingerprint density at radius 3 is 2.83 bits per heavy atom. The van der Waals surface area contributed by atoms with Crippen molar-refractivity contribution < 1.29 is 14.6 Å². The average molecular weight is 336 g/mol. The molecule has 132 valence electrons. The molecule has 0 aromatic carbocycles. The lowest BCUT2D eigenvalue weighted by atomic mass is 9.85. The van der Waals surface area contributed by atoms with Gasteiger partial charge in [-0.1, -0.05) is 25.8 Å². The zero-order chi connectivity index (χ0) is 17.1. The minimum absolute atomic E-state index is 0.175. The lowest BCUT2D eigenvalue weighted by Crippen LogP contribution is -2.35. The minimum atomic E-state index is -0.730. The monoisotopic (exact) mass is 336 g/mol. The fourth-order valence-electron chi connectivity index (χ4n) is 3.62. The first-order chi connectivity index (χ1) is 11.6. The predicted octanol–water partition coefficient (Wildman–Crippen LogP) is 1.39. The highest BCUT2D eigenvalue weighted by Gasteiger charge is 2.36. The quantitative estimate of drug-likeness (QED) is 0.793. The maximum Gasteiger partial charge on any atom is 0.330 e. The predicted molar refractivity (Wildman–Crippen MR) is 87.8 cm³/mol. The number of H-pyrrole nitrogens is 1. The van der Waals surface area contributed by atoms with E-state index in [-0.39, 0.29) is 24.5 Å². The number of hydrogen-bond donors (Lipinski definition) is 2. The zero-order valence-electron chi connectivity index (χ0n) is 13.6. The Morgan fingerprint density at radius 2 is 2.12 bits per heavy atom.